The molecule has 0 spiro atoms. The van der Waals surface area contributed by atoms with Gasteiger partial charge in [0, 0.05) is 16.9 Å². The minimum atomic E-state index is -0.285. The minimum Gasteiger partial charge on any atom is -0.324 e. The van der Waals surface area contributed by atoms with Crippen LogP contribution >= 0.6 is 15.9 Å². The molecule has 0 aromatic heterocycles. The highest BCUT2D eigenvalue weighted by Crippen LogP contribution is 2.31. The largest absolute Gasteiger partial charge is 0.324 e. The lowest BCUT2D eigenvalue weighted by Crippen LogP contribution is -2.45. The van der Waals surface area contributed by atoms with E-state index in [-0.39, 0.29) is 43.3 Å². The number of hydrogen-bond acceptors (Lipinski definition) is 4. The second-order valence-electron chi connectivity index (χ2n) is 7.59. The lowest BCUT2D eigenvalue weighted by Gasteiger charge is -2.29. The molecule has 0 radical (unpaired) electrons. The molecule has 8 heteroatoms. The predicted octanol–water partition coefficient (Wildman–Crippen LogP) is 3.39. The van der Waals surface area contributed by atoms with Crippen molar-refractivity contribution in [2.75, 3.05) is 35.7 Å². The fraction of sp³-hybridized carbons (Fsp3) is 0.318. The Hall–Kier alpha value is -2.71. The Balaban J connectivity index is 1.66. The molecule has 2 N–H and O–H groups in total. The van der Waals surface area contributed by atoms with E-state index in [1.165, 1.54) is 0 Å². The van der Waals surface area contributed by atoms with Crippen LogP contribution in [0.15, 0.2) is 46.9 Å². The van der Waals surface area contributed by atoms with E-state index in [1.54, 1.807) is 22.9 Å². The average Bonchev–Trinajstić information content (AvgIpc) is 2.77. The molecule has 3 rings (SSSR count). The fourth-order valence-electron chi connectivity index (χ4n) is 3.49. The molecule has 3 amide bonds. The Morgan fingerprint density at radius 2 is 1.97 bits per heavy atom. The van der Waals surface area contributed by atoms with Crippen LogP contribution in [0.2, 0.25) is 0 Å². The zero-order chi connectivity index (χ0) is 21.8. The van der Waals surface area contributed by atoms with E-state index in [2.05, 4.69) is 26.6 Å². The quantitative estimate of drug-likeness (QED) is 0.698. The molecule has 1 aliphatic heterocycles. The SMILES string of the molecule is Cc1ccc(NC(=O)CN(C)CC(=O)N2c3ccccc3NC(=O)CC2C)c(Br)c1. The number of hydrogen-bond donors (Lipinski definition) is 2. The van der Waals surface area contributed by atoms with E-state index in [4.69, 9.17) is 0 Å². The lowest BCUT2D eigenvalue weighted by atomic mass is 10.1. The molecule has 1 heterocycles. The predicted molar refractivity (Wildman–Crippen MR) is 122 cm³/mol. The second-order valence-corrected chi connectivity index (χ2v) is 8.44. The first kappa shape index (κ1) is 22.0. The zero-order valence-electron chi connectivity index (χ0n) is 17.2. The molecule has 2 aromatic carbocycles. The van der Waals surface area contributed by atoms with Gasteiger partial charge in [0.05, 0.1) is 30.2 Å². The van der Waals surface area contributed by atoms with Crippen molar-refractivity contribution >= 4 is 50.7 Å². The number of likely N-dealkylation sites (N-methyl/N-ethyl adjacent to an activating group) is 1. The lowest BCUT2D eigenvalue weighted by molar-refractivity contribution is -0.121. The maximum atomic E-state index is 13.1. The van der Waals surface area contributed by atoms with E-state index in [0.29, 0.717) is 17.1 Å². The third-order valence-electron chi connectivity index (χ3n) is 4.85. The van der Waals surface area contributed by atoms with Crippen LogP contribution < -0.4 is 15.5 Å². The zero-order valence-corrected chi connectivity index (χ0v) is 18.8. The van der Waals surface area contributed by atoms with Gasteiger partial charge in [0.15, 0.2) is 0 Å². The maximum absolute atomic E-state index is 13.1. The van der Waals surface area contributed by atoms with Crippen LogP contribution in [0.3, 0.4) is 0 Å². The van der Waals surface area contributed by atoms with E-state index in [0.717, 1.165) is 10.0 Å². The van der Waals surface area contributed by atoms with E-state index in [9.17, 15) is 14.4 Å². The van der Waals surface area contributed by atoms with Crippen molar-refractivity contribution in [3.8, 4) is 0 Å². The number of nitrogens with one attached hydrogen (secondary N) is 2. The van der Waals surface area contributed by atoms with Crippen molar-refractivity contribution in [3.05, 3.63) is 52.5 Å². The number of aryl methyl sites for hydroxylation is 1. The number of fused-ring (bicyclic) bond motifs is 1. The first-order valence-electron chi connectivity index (χ1n) is 9.70. The van der Waals surface area contributed by atoms with Crippen LogP contribution in [0.5, 0.6) is 0 Å². The summed E-state index contributed by atoms with van der Waals surface area (Å²) in [4.78, 5) is 40.9. The van der Waals surface area contributed by atoms with Crippen LogP contribution in [0, 0.1) is 6.92 Å². The molecular weight excluding hydrogens is 448 g/mol. The average molecular weight is 473 g/mol. The summed E-state index contributed by atoms with van der Waals surface area (Å²) in [6.45, 7) is 3.93. The summed E-state index contributed by atoms with van der Waals surface area (Å²) < 4.78 is 0.807. The first-order valence-corrected chi connectivity index (χ1v) is 10.5. The van der Waals surface area contributed by atoms with Gasteiger partial charge in [-0.1, -0.05) is 18.2 Å². The van der Waals surface area contributed by atoms with Crippen molar-refractivity contribution in [3.63, 3.8) is 0 Å². The highest BCUT2D eigenvalue weighted by atomic mass is 79.9. The van der Waals surface area contributed by atoms with E-state index < -0.39 is 0 Å². The Morgan fingerprint density at radius 1 is 1.23 bits per heavy atom. The molecule has 0 aliphatic carbocycles. The highest BCUT2D eigenvalue weighted by Gasteiger charge is 2.30. The van der Waals surface area contributed by atoms with Gasteiger partial charge >= 0.3 is 0 Å². The highest BCUT2D eigenvalue weighted by molar-refractivity contribution is 9.10. The van der Waals surface area contributed by atoms with Crippen molar-refractivity contribution in [2.24, 2.45) is 0 Å². The Kier molecular flexibility index (Phi) is 6.89. The summed E-state index contributed by atoms with van der Waals surface area (Å²) in [7, 11) is 1.72. The Labute approximate surface area is 184 Å². The summed E-state index contributed by atoms with van der Waals surface area (Å²) >= 11 is 3.45. The van der Waals surface area contributed by atoms with Gasteiger partial charge in [0.1, 0.15) is 0 Å². The number of benzene rings is 2. The summed E-state index contributed by atoms with van der Waals surface area (Å²) in [6, 6.07) is 12.6. The Morgan fingerprint density at radius 3 is 2.70 bits per heavy atom. The van der Waals surface area contributed by atoms with Gasteiger partial charge in [0.2, 0.25) is 17.7 Å². The molecule has 1 aliphatic rings. The van der Waals surface area contributed by atoms with Gasteiger partial charge in [-0.05, 0) is 66.7 Å². The molecule has 1 unspecified atom stereocenters. The summed E-state index contributed by atoms with van der Waals surface area (Å²) in [5, 5.41) is 5.70. The van der Waals surface area contributed by atoms with Crippen LogP contribution in [0.1, 0.15) is 18.9 Å². The maximum Gasteiger partial charge on any atom is 0.241 e. The van der Waals surface area contributed by atoms with Gasteiger partial charge in [-0.2, -0.15) is 0 Å². The third kappa shape index (κ3) is 5.25. The van der Waals surface area contributed by atoms with Gasteiger partial charge in [-0.3, -0.25) is 19.3 Å². The van der Waals surface area contributed by atoms with Crippen molar-refractivity contribution in [1.29, 1.82) is 0 Å². The number of halogens is 1. The molecular formula is C22H25BrN4O3. The molecule has 2 aromatic rings. The number of para-hydroxylation sites is 2. The fourth-order valence-corrected chi connectivity index (χ4v) is 4.08. The minimum absolute atomic E-state index is 0.0509. The molecule has 0 fully saturated rings. The van der Waals surface area contributed by atoms with E-state index in [1.807, 2.05) is 50.2 Å². The summed E-state index contributed by atoms with van der Waals surface area (Å²) in [6.07, 6.45) is 0.214. The number of rotatable bonds is 5. The molecule has 0 saturated carbocycles. The van der Waals surface area contributed by atoms with Gasteiger partial charge in [0.25, 0.3) is 0 Å². The summed E-state index contributed by atoms with van der Waals surface area (Å²) in [5.41, 5.74) is 3.06. The Bertz CT molecular complexity index is 979. The van der Waals surface area contributed by atoms with Crippen LogP contribution in [0.25, 0.3) is 0 Å². The van der Waals surface area contributed by atoms with Gasteiger partial charge in [-0.15, -0.1) is 0 Å². The monoisotopic (exact) mass is 472 g/mol. The molecule has 0 saturated heterocycles. The molecule has 158 valence electrons. The van der Waals surface area contributed by atoms with Crippen molar-refractivity contribution < 1.29 is 14.4 Å². The number of nitrogens with zero attached hydrogens (tertiary/aromatic N) is 2. The second kappa shape index (κ2) is 9.40. The topological polar surface area (TPSA) is 81.8 Å². The normalized spacial score (nSPS) is 16.0. The van der Waals surface area contributed by atoms with Crippen LogP contribution in [0.4, 0.5) is 17.1 Å². The third-order valence-corrected chi connectivity index (χ3v) is 5.50. The number of amides is 3. The van der Waals surface area contributed by atoms with Crippen molar-refractivity contribution in [1.82, 2.24) is 4.90 Å². The molecule has 30 heavy (non-hydrogen) atoms. The standard InChI is InChI=1S/C22H25BrN4O3/c1-14-8-9-17(16(23)10-14)24-21(29)12-26(3)13-22(30)27-15(2)11-20(28)25-18-6-4-5-7-19(18)27/h4-10,15H,11-13H2,1-3H3,(H,24,29)(H,25,28). The van der Waals surface area contributed by atoms with Crippen LogP contribution in [-0.2, 0) is 14.4 Å². The smallest absolute Gasteiger partial charge is 0.241 e. The van der Waals surface area contributed by atoms with E-state index >= 15 is 0 Å². The number of anilines is 3. The molecule has 1 atom stereocenters. The molecule has 0 bridgehead atoms. The number of carbonyl (C=O) groups excluding carboxylic acids is 3. The van der Waals surface area contributed by atoms with Crippen molar-refractivity contribution in [2.45, 2.75) is 26.3 Å². The molecule has 7 nitrogen and oxygen atoms in total. The van der Waals surface area contributed by atoms with Gasteiger partial charge < -0.3 is 15.5 Å². The van der Waals surface area contributed by atoms with Crippen LogP contribution in [-0.4, -0.2) is 48.8 Å². The number of carbonyl (C=O) groups is 3. The first-order chi connectivity index (χ1) is 14.2. The van der Waals surface area contributed by atoms with Gasteiger partial charge in [-0.25, -0.2) is 0 Å². The summed E-state index contributed by atoms with van der Waals surface area (Å²) in [5.74, 6) is -0.504.